The summed E-state index contributed by atoms with van der Waals surface area (Å²) in [7, 11) is 0. The van der Waals surface area contributed by atoms with Crippen molar-refractivity contribution in [2.24, 2.45) is 22.9 Å². The Labute approximate surface area is 159 Å². The molecule has 10 heteroatoms. The van der Waals surface area contributed by atoms with Crippen molar-refractivity contribution >= 4 is 11.9 Å². The van der Waals surface area contributed by atoms with Gasteiger partial charge in [0.1, 0.15) is 6.10 Å². The van der Waals surface area contributed by atoms with E-state index >= 15 is 0 Å². The Morgan fingerprint density at radius 1 is 0.926 bits per heavy atom. The molecule has 2 aliphatic rings. The summed E-state index contributed by atoms with van der Waals surface area (Å²) in [5.74, 6) is -1.10. The van der Waals surface area contributed by atoms with E-state index in [1.54, 1.807) is 0 Å². The number of esters is 2. The average Bonchev–Trinajstić information content (AvgIpc) is 2.55. The molecule has 0 unspecified atom stereocenters. The van der Waals surface area contributed by atoms with Crippen molar-refractivity contribution in [2.75, 3.05) is 0 Å². The number of rotatable bonds is 5. The molecule has 0 aromatic carbocycles. The van der Waals surface area contributed by atoms with Crippen LogP contribution in [0.3, 0.4) is 0 Å². The summed E-state index contributed by atoms with van der Waals surface area (Å²) < 4.78 is 22.6. The van der Waals surface area contributed by atoms with Crippen LogP contribution in [0.1, 0.15) is 40.0 Å². The molecule has 0 bridgehead atoms. The highest BCUT2D eigenvalue weighted by atomic mass is 16.7. The van der Waals surface area contributed by atoms with E-state index in [1.165, 1.54) is 13.8 Å². The molecule has 8 N–H and O–H groups in total. The maximum Gasteiger partial charge on any atom is 0.303 e. The molecule has 0 aromatic heterocycles. The van der Waals surface area contributed by atoms with Crippen LogP contribution < -0.4 is 22.9 Å². The van der Waals surface area contributed by atoms with Crippen molar-refractivity contribution < 1.29 is 28.5 Å². The lowest BCUT2D eigenvalue weighted by molar-refractivity contribution is -0.260. The Bertz CT molecular complexity index is 534. The van der Waals surface area contributed by atoms with Gasteiger partial charge in [-0.25, -0.2) is 0 Å². The molecule has 10 nitrogen and oxygen atoms in total. The summed E-state index contributed by atoms with van der Waals surface area (Å²) in [6.45, 7) is 4.36. The molecule has 0 amide bonds. The van der Waals surface area contributed by atoms with E-state index in [-0.39, 0.29) is 18.2 Å². The number of nitrogens with two attached hydrogens (primary N) is 4. The third-order valence-electron chi connectivity index (χ3n) is 4.96. The molecule has 0 radical (unpaired) electrons. The van der Waals surface area contributed by atoms with Crippen molar-refractivity contribution in [2.45, 2.75) is 94.9 Å². The van der Waals surface area contributed by atoms with Crippen molar-refractivity contribution in [3.63, 3.8) is 0 Å². The Kier molecular flexibility index (Phi) is 7.55. The van der Waals surface area contributed by atoms with Crippen LogP contribution in [0, 0.1) is 0 Å². The SMILES string of the molecule is CC(=O)O[C@@H]1[C@@H](OC(C)=O)[C@H](N)C[C@H](N)[C@H]1O[C@H]1O[C@H]([C@@H](C)N)CC[C@@H]1N. The molecule has 0 spiro atoms. The van der Waals surface area contributed by atoms with Crippen molar-refractivity contribution in [3.05, 3.63) is 0 Å². The van der Waals surface area contributed by atoms with E-state index < -0.39 is 48.6 Å². The molecule has 1 saturated heterocycles. The molecular weight excluding hydrogens is 356 g/mol. The van der Waals surface area contributed by atoms with Crippen LogP contribution in [-0.4, -0.2) is 66.8 Å². The smallest absolute Gasteiger partial charge is 0.303 e. The maximum atomic E-state index is 11.6. The number of ether oxygens (including phenoxy) is 4. The topological polar surface area (TPSA) is 175 Å². The minimum atomic E-state index is -0.961. The highest BCUT2D eigenvalue weighted by Gasteiger charge is 2.49. The number of hydrogen-bond donors (Lipinski definition) is 4. The maximum absolute atomic E-state index is 11.6. The summed E-state index contributed by atoms with van der Waals surface area (Å²) >= 11 is 0. The zero-order valence-electron chi connectivity index (χ0n) is 16.1. The number of carbonyl (C=O) groups excluding carboxylic acids is 2. The second kappa shape index (κ2) is 9.26. The monoisotopic (exact) mass is 388 g/mol. The fraction of sp³-hybridized carbons (Fsp3) is 0.882. The minimum Gasteiger partial charge on any atom is -0.457 e. The zero-order chi connectivity index (χ0) is 20.3. The molecule has 9 atom stereocenters. The van der Waals surface area contributed by atoms with Gasteiger partial charge < -0.3 is 41.9 Å². The molecule has 1 aliphatic heterocycles. The van der Waals surface area contributed by atoms with Gasteiger partial charge in [0.05, 0.1) is 12.1 Å². The van der Waals surface area contributed by atoms with Gasteiger partial charge in [0.25, 0.3) is 0 Å². The van der Waals surface area contributed by atoms with Crippen LogP contribution >= 0.6 is 0 Å². The lowest BCUT2D eigenvalue weighted by Gasteiger charge is -2.45. The molecule has 1 heterocycles. The Morgan fingerprint density at radius 2 is 1.48 bits per heavy atom. The van der Waals surface area contributed by atoms with Gasteiger partial charge in [0.15, 0.2) is 18.5 Å². The number of hydrogen-bond acceptors (Lipinski definition) is 10. The van der Waals surface area contributed by atoms with Crippen molar-refractivity contribution in [1.29, 1.82) is 0 Å². The Hall–Kier alpha value is -1.30. The van der Waals surface area contributed by atoms with E-state index in [0.717, 1.165) is 6.42 Å². The van der Waals surface area contributed by atoms with Crippen LogP contribution in [0.25, 0.3) is 0 Å². The fourth-order valence-electron chi connectivity index (χ4n) is 3.62. The quantitative estimate of drug-likeness (QED) is 0.404. The van der Waals surface area contributed by atoms with Gasteiger partial charge >= 0.3 is 11.9 Å². The first kappa shape index (κ1) is 22.0. The first-order valence-electron chi connectivity index (χ1n) is 9.27. The third-order valence-corrected chi connectivity index (χ3v) is 4.96. The summed E-state index contributed by atoms with van der Waals surface area (Å²) in [6, 6.07) is -1.71. The summed E-state index contributed by atoms with van der Waals surface area (Å²) in [5.41, 5.74) is 24.4. The molecule has 27 heavy (non-hydrogen) atoms. The van der Waals surface area contributed by atoms with Gasteiger partial charge in [-0.15, -0.1) is 0 Å². The first-order valence-corrected chi connectivity index (χ1v) is 9.27. The van der Waals surface area contributed by atoms with E-state index in [2.05, 4.69) is 0 Å². The first-order chi connectivity index (χ1) is 12.6. The van der Waals surface area contributed by atoms with Gasteiger partial charge in [-0.05, 0) is 26.2 Å². The second-order valence-electron chi connectivity index (χ2n) is 7.46. The van der Waals surface area contributed by atoms with Gasteiger partial charge in [0.2, 0.25) is 0 Å². The summed E-state index contributed by atoms with van der Waals surface area (Å²) in [4.78, 5) is 23.1. The van der Waals surface area contributed by atoms with Crippen molar-refractivity contribution in [3.8, 4) is 0 Å². The van der Waals surface area contributed by atoms with Gasteiger partial charge in [-0.3, -0.25) is 9.59 Å². The molecule has 1 saturated carbocycles. The van der Waals surface area contributed by atoms with E-state index in [4.69, 9.17) is 41.9 Å². The van der Waals surface area contributed by atoms with Crippen LogP contribution in [0.4, 0.5) is 0 Å². The second-order valence-corrected chi connectivity index (χ2v) is 7.46. The third kappa shape index (κ3) is 5.59. The van der Waals surface area contributed by atoms with E-state index in [9.17, 15) is 9.59 Å². The lowest BCUT2D eigenvalue weighted by Crippen LogP contribution is -2.65. The fourth-order valence-corrected chi connectivity index (χ4v) is 3.62. The molecule has 2 rings (SSSR count). The highest BCUT2D eigenvalue weighted by molar-refractivity contribution is 5.67. The predicted octanol–water partition coefficient (Wildman–Crippen LogP) is -1.53. The lowest BCUT2D eigenvalue weighted by atomic mass is 9.84. The van der Waals surface area contributed by atoms with Gasteiger partial charge in [-0.1, -0.05) is 0 Å². The van der Waals surface area contributed by atoms with Crippen LogP contribution in [0.15, 0.2) is 0 Å². The molecule has 0 aromatic rings. The summed E-state index contributed by atoms with van der Waals surface area (Å²) in [5, 5.41) is 0. The van der Waals surface area contributed by atoms with Crippen LogP contribution in [-0.2, 0) is 28.5 Å². The number of carbonyl (C=O) groups is 2. The van der Waals surface area contributed by atoms with E-state index in [0.29, 0.717) is 12.8 Å². The highest BCUT2D eigenvalue weighted by Crippen LogP contribution is 2.30. The minimum absolute atomic E-state index is 0.185. The molecule has 2 fully saturated rings. The van der Waals surface area contributed by atoms with Crippen molar-refractivity contribution in [1.82, 2.24) is 0 Å². The Balaban J connectivity index is 2.21. The zero-order valence-corrected chi connectivity index (χ0v) is 16.1. The van der Waals surface area contributed by atoms with Gasteiger partial charge in [-0.2, -0.15) is 0 Å². The van der Waals surface area contributed by atoms with Gasteiger partial charge in [0, 0.05) is 32.0 Å². The standard InChI is InChI=1S/C17H32N4O6/c1-7(18)13-5-4-10(19)17(26-13)27-15-12(21)6-11(20)14(24-8(2)22)16(15)25-9(3)23/h7,10-17H,4-6,18-21H2,1-3H3/t7-,10+,11-,12+,13+,14+,15-,16-,17-/m1/s1. The largest absolute Gasteiger partial charge is 0.457 e. The predicted molar refractivity (Wildman–Crippen MR) is 96.1 cm³/mol. The van der Waals surface area contributed by atoms with E-state index in [1.807, 2.05) is 6.92 Å². The molecule has 1 aliphatic carbocycles. The summed E-state index contributed by atoms with van der Waals surface area (Å²) in [6.07, 6.45) is -1.88. The Morgan fingerprint density at radius 3 is 2.04 bits per heavy atom. The van der Waals surface area contributed by atoms with Crippen LogP contribution in [0.2, 0.25) is 0 Å². The van der Waals surface area contributed by atoms with Crippen LogP contribution in [0.5, 0.6) is 0 Å². The molecule has 156 valence electrons. The normalized spacial score (nSPS) is 40.9. The average molecular weight is 388 g/mol. The molecular formula is C17H32N4O6.